The van der Waals surface area contributed by atoms with Gasteiger partial charge in [-0.25, -0.2) is 14.6 Å². The molecule has 0 aliphatic heterocycles. The Morgan fingerprint density at radius 3 is 2.86 bits per heavy atom. The van der Waals surface area contributed by atoms with Crippen LogP contribution in [0.15, 0.2) is 30.6 Å². The Kier molecular flexibility index (Phi) is 3.08. The van der Waals surface area contributed by atoms with Gasteiger partial charge < -0.3 is 5.73 Å². The number of nitrogens with two attached hydrogens (primary N) is 1. The van der Waals surface area contributed by atoms with Crippen LogP contribution in [0.1, 0.15) is 30.1 Å². The Labute approximate surface area is 132 Å². The zero-order valence-electron chi connectivity index (χ0n) is 11.8. The van der Waals surface area contributed by atoms with Gasteiger partial charge in [0.15, 0.2) is 5.65 Å². The zero-order valence-corrected chi connectivity index (χ0v) is 12.5. The van der Waals surface area contributed by atoms with Crippen molar-refractivity contribution in [1.82, 2.24) is 19.7 Å². The van der Waals surface area contributed by atoms with E-state index in [0.29, 0.717) is 16.9 Å². The van der Waals surface area contributed by atoms with Gasteiger partial charge in [-0.2, -0.15) is 5.10 Å². The van der Waals surface area contributed by atoms with Crippen LogP contribution in [0, 0.1) is 0 Å². The SMILES string of the molecule is Nc1ncnc2c1c(C=Cc1cccc(Cl)c1)nn2C1CC1. The fraction of sp³-hybridized carbons (Fsp3) is 0.188. The van der Waals surface area contributed by atoms with Gasteiger partial charge >= 0.3 is 0 Å². The molecule has 0 saturated heterocycles. The van der Waals surface area contributed by atoms with Crippen molar-refractivity contribution in [3.63, 3.8) is 0 Å². The van der Waals surface area contributed by atoms with Gasteiger partial charge in [-0.1, -0.05) is 29.8 Å². The number of nitrogen functional groups attached to an aromatic ring is 1. The van der Waals surface area contributed by atoms with Gasteiger partial charge in [0.25, 0.3) is 0 Å². The maximum absolute atomic E-state index is 6.02. The van der Waals surface area contributed by atoms with Crippen molar-refractivity contribution in [2.45, 2.75) is 18.9 Å². The van der Waals surface area contributed by atoms with Crippen molar-refractivity contribution in [2.24, 2.45) is 0 Å². The molecule has 0 bridgehead atoms. The van der Waals surface area contributed by atoms with E-state index in [2.05, 4.69) is 15.1 Å². The molecule has 0 atom stereocenters. The monoisotopic (exact) mass is 311 g/mol. The molecule has 2 heterocycles. The highest BCUT2D eigenvalue weighted by molar-refractivity contribution is 6.30. The average Bonchev–Trinajstić information content (AvgIpc) is 3.27. The number of fused-ring (bicyclic) bond motifs is 1. The summed E-state index contributed by atoms with van der Waals surface area (Å²) in [6, 6.07) is 8.09. The van der Waals surface area contributed by atoms with Crippen molar-refractivity contribution in [1.29, 1.82) is 0 Å². The molecule has 0 radical (unpaired) electrons. The standard InChI is InChI=1S/C16H14ClN5/c17-11-3-1-2-10(8-11)4-7-13-14-15(18)19-9-20-16(14)22(21-13)12-5-6-12/h1-4,7-9,12H,5-6H2,(H2,18,19,20). The van der Waals surface area contributed by atoms with E-state index in [9.17, 15) is 0 Å². The van der Waals surface area contributed by atoms with E-state index >= 15 is 0 Å². The first-order valence-corrected chi connectivity index (χ1v) is 7.52. The van der Waals surface area contributed by atoms with Gasteiger partial charge in [-0.05, 0) is 36.6 Å². The van der Waals surface area contributed by atoms with Crippen molar-refractivity contribution in [2.75, 3.05) is 5.73 Å². The molecule has 5 nitrogen and oxygen atoms in total. The van der Waals surface area contributed by atoms with Gasteiger partial charge in [0.05, 0.1) is 17.1 Å². The molecule has 2 aromatic heterocycles. The molecule has 3 aromatic rings. The van der Waals surface area contributed by atoms with Crippen LogP contribution >= 0.6 is 11.6 Å². The van der Waals surface area contributed by atoms with Crippen LogP contribution in [0.3, 0.4) is 0 Å². The Morgan fingerprint density at radius 2 is 2.09 bits per heavy atom. The molecule has 1 saturated carbocycles. The summed E-state index contributed by atoms with van der Waals surface area (Å²) in [4.78, 5) is 8.44. The van der Waals surface area contributed by atoms with Crippen LogP contribution in [0.5, 0.6) is 0 Å². The van der Waals surface area contributed by atoms with E-state index in [1.54, 1.807) is 0 Å². The summed E-state index contributed by atoms with van der Waals surface area (Å²) in [5.74, 6) is 0.461. The molecule has 0 spiro atoms. The third-order valence-electron chi connectivity index (χ3n) is 3.72. The lowest BCUT2D eigenvalue weighted by Crippen LogP contribution is -1.98. The van der Waals surface area contributed by atoms with Crippen molar-refractivity contribution >= 4 is 40.6 Å². The number of hydrogen-bond donors (Lipinski definition) is 1. The highest BCUT2D eigenvalue weighted by Gasteiger charge is 2.28. The van der Waals surface area contributed by atoms with Crippen LogP contribution in [0.25, 0.3) is 23.2 Å². The number of benzene rings is 1. The quantitative estimate of drug-likeness (QED) is 0.803. The summed E-state index contributed by atoms with van der Waals surface area (Å²) >= 11 is 6.01. The van der Waals surface area contributed by atoms with E-state index < -0.39 is 0 Å². The molecule has 22 heavy (non-hydrogen) atoms. The molecule has 0 unspecified atom stereocenters. The van der Waals surface area contributed by atoms with Crippen LogP contribution < -0.4 is 5.73 Å². The normalized spacial score (nSPS) is 15.0. The molecule has 0 amide bonds. The fourth-order valence-corrected chi connectivity index (χ4v) is 2.70. The van der Waals surface area contributed by atoms with Crippen molar-refractivity contribution in [3.05, 3.63) is 46.9 Å². The number of halogens is 1. The van der Waals surface area contributed by atoms with E-state index in [1.165, 1.54) is 6.33 Å². The van der Waals surface area contributed by atoms with Crippen LogP contribution in [-0.2, 0) is 0 Å². The molecule has 6 heteroatoms. The maximum atomic E-state index is 6.02. The number of aromatic nitrogens is 4. The van der Waals surface area contributed by atoms with Gasteiger partial charge in [0.2, 0.25) is 0 Å². The Bertz CT molecular complexity index is 879. The second-order valence-electron chi connectivity index (χ2n) is 5.41. The van der Waals surface area contributed by atoms with E-state index in [-0.39, 0.29) is 0 Å². The number of hydrogen-bond acceptors (Lipinski definition) is 4. The van der Waals surface area contributed by atoms with Gasteiger partial charge in [0, 0.05) is 5.02 Å². The smallest absolute Gasteiger partial charge is 0.164 e. The zero-order chi connectivity index (χ0) is 15.1. The minimum atomic E-state index is 0.435. The predicted octanol–water partition coefficient (Wildman–Crippen LogP) is 3.57. The van der Waals surface area contributed by atoms with E-state index in [4.69, 9.17) is 17.3 Å². The molecule has 110 valence electrons. The summed E-state index contributed by atoms with van der Waals surface area (Å²) in [5.41, 5.74) is 8.63. The van der Waals surface area contributed by atoms with E-state index in [1.807, 2.05) is 41.1 Å². The molecule has 1 aliphatic carbocycles. The number of anilines is 1. The highest BCUT2D eigenvalue weighted by atomic mass is 35.5. The lowest BCUT2D eigenvalue weighted by atomic mass is 10.2. The first-order valence-electron chi connectivity index (χ1n) is 7.15. The first-order chi connectivity index (χ1) is 10.7. The summed E-state index contributed by atoms with van der Waals surface area (Å²) in [6.45, 7) is 0. The topological polar surface area (TPSA) is 69.6 Å². The third-order valence-corrected chi connectivity index (χ3v) is 3.96. The molecule has 2 N–H and O–H groups in total. The minimum absolute atomic E-state index is 0.435. The summed E-state index contributed by atoms with van der Waals surface area (Å²) < 4.78 is 1.96. The van der Waals surface area contributed by atoms with Crippen LogP contribution in [0.4, 0.5) is 5.82 Å². The lowest BCUT2D eigenvalue weighted by molar-refractivity contribution is 0.656. The molecular weight excluding hydrogens is 298 g/mol. The Morgan fingerprint density at radius 1 is 1.23 bits per heavy atom. The molecule has 1 fully saturated rings. The second-order valence-corrected chi connectivity index (χ2v) is 5.84. The van der Waals surface area contributed by atoms with Crippen molar-refractivity contribution in [3.8, 4) is 0 Å². The summed E-state index contributed by atoms with van der Waals surface area (Å²) in [5, 5.41) is 6.18. The van der Waals surface area contributed by atoms with Crippen molar-refractivity contribution < 1.29 is 0 Å². The summed E-state index contributed by atoms with van der Waals surface area (Å²) in [7, 11) is 0. The number of rotatable bonds is 3. The molecular formula is C16H14ClN5. The van der Waals surface area contributed by atoms with Gasteiger partial charge in [-0.3, -0.25) is 0 Å². The van der Waals surface area contributed by atoms with Crippen LogP contribution in [0.2, 0.25) is 5.02 Å². The highest BCUT2D eigenvalue weighted by Crippen LogP contribution is 2.37. The largest absolute Gasteiger partial charge is 0.383 e. The third kappa shape index (κ3) is 2.33. The average molecular weight is 312 g/mol. The van der Waals surface area contributed by atoms with Crippen LogP contribution in [-0.4, -0.2) is 19.7 Å². The Hall–Kier alpha value is -2.40. The molecule has 1 aliphatic rings. The summed E-state index contributed by atoms with van der Waals surface area (Å²) in [6.07, 6.45) is 7.67. The number of nitrogens with zero attached hydrogens (tertiary/aromatic N) is 4. The maximum Gasteiger partial charge on any atom is 0.164 e. The lowest BCUT2D eigenvalue weighted by Gasteiger charge is -1.98. The van der Waals surface area contributed by atoms with Gasteiger partial charge in [0.1, 0.15) is 12.1 Å². The van der Waals surface area contributed by atoms with E-state index in [0.717, 1.165) is 35.1 Å². The Balaban J connectivity index is 1.81. The second kappa shape index (κ2) is 5.10. The fourth-order valence-electron chi connectivity index (χ4n) is 2.50. The minimum Gasteiger partial charge on any atom is -0.383 e. The molecule has 4 rings (SSSR count). The predicted molar refractivity (Wildman–Crippen MR) is 88.4 cm³/mol. The molecule has 1 aromatic carbocycles. The first kappa shape index (κ1) is 13.3. The van der Waals surface area contributed by atoms with Gasteiger partial charge in [-0.15, -0.1) is 0 Å².